The highest BCUT2D eigenvalue weighted by Crippen LogP contribution is 2.18. The van der Waals surface area contributed by atoms with Gasteiger partial charge in [0.05, 0.1) is 0 Å². The Balaban J connectivity index is 1.66. The number of rotatable bonds is 5. The molecule has 0 saturated heterocycles. The minimum absolute atomic E-state index is 0.219. The van der Waals surface area contributed by atoms with Crippen molar-refractivity contribution < 1.29 is 9.59 Å². The molecule has 1 saturated carbocycles. The molecular formula is C20H24N4O2. The third-order valence-electron chi connectivity index (χ3n) is 4.55. The molecule has 2 aromatic rings. The molecule has 1 fully saturated rings. The maximum absolute atomic E-state index is 12.4. The zero-order valence-corrected chi connectivity index (χ0v) is 15.2. The smallest absolute Gasteiger partial charge is 0.274 e. The van der Waals surface area contributed by atoms with Crippen LogP contribution in [0.1, 0.15) is 46.7 Å². The van der Waals surface area contributed by atoms with Crippen LogP contribution in [0.25, 0.3) is 0 Å². The molecule has 1 aliphatic carbocycles. The number of pyridine rings is 1. The van der Waals surface area contributed by atoms with Crippen molar-refractivity contribution in [3.63, 3.8) is 0 Å². The average molecular weight is 352 g/mol. The topological polar surface area (TPSA) is 74.3 Å². The molecule has 1 heterocycles. The van der Waals surface area contributed by atoms with Crippen LogP contribution in [0.2, 0.25) is 0 Å². The molecule has 1 aromatic carbocycles. The Morgan fingerprint density at radius 3 is 2.19 bits per heavy atom. The normalized spacial score (nSPS) is 14.1. The lowest BCUT2D eigenvalue weighted by Crippen LogP contribution is -2.33. The van der Waals surface area contributed by atoms with Crippen LogP contribution >= 0.6 is 0 Å². The molecule has 6 nitrogen and oxygen atoms in total. The van der Waals surface area contributed by atoms with Gasteiger partial charge in [0.2, 0.25) is 0 Å². The third kappa shape index (κ3) is 4.39. The van der Waals surface area contributed by atoms with E-state index in [0.717, 1.165) is 31.4 Å². The van der Waals surface area contributed by atoms with Gasteiger partial charge in [0, 0.05) is 31.5 Å². The summed E-state index contributed by atoms with van der Waals surface area (Å²) >= 11 is 0. The fraction of sp³-hybridized carbons (Fsp3) is 0.350. The molecule has 1 aliphatic rings. The van der Waals surface area contributed by atoms with E-state index in [9.17, 15) is 9.59 Å². The van der Waals surface area contributed by atoms with E-state index in [1.165, 1.54) is 0 Å². The Hall–Kier alpha value is -2.89. The highest BCUT2D eigenvalue weighted by atomic mass is 16.2. The summed E-state index contributed by atoms with van der Waals surface area (Å²) in [5, 5.41) is 5.80. The van der Waals surface area contributed by atoms with E-state index < -0.39 is 0 Å². The second kappa shape index (κ2) is 7.99. The van der Waals surface area contributed by atoms with Gasteiger partial charge in [-0.25, -0.2) is 4.98 Å². The fourth-order valence-electron chi connectivity index (χ4n) is 3.06. The van der Waals surface area contributed by atoms with Crippen LogP contribution in [0.3, 0.4) is 0 Å². The highest BCUT2D eigenvalue weighted by molar-refractivity contribution is 6.03. The Labute approximate surface area is 153 Å². The summed E-state index contributed by atoms with van der Waals surface area (Å²) in [5.74, 6) is -0.556. The molecule has 0 unspecified atom stereocenters. The zero-order valence-electron chi connectivity index (χ0n) is 15.2. The van der Waals surface area contributed by atoms with Crippen LogP contribution < -0.4 is 15.5 Å². The average Bonchev–Trinajstić information content (AvgIpc) is 3.15. The first kappa shape index (κ1) is 17.9. The van der Waals surface area contributed by atoms with Crippen LogP contribution in [-0.4, -0.2) is 36.9 Å². The van der Waals surface area contributed by atoms with Crippen LogP contribution in [0.15, 0.2) is 42.5 Å². The standard InChI is InChI=1S/C20H24N4O2/c1-24(2)16-12-10-15(11-13-16)22-20(26)18-9-5-8-17(23-18)19(25)21-14-6-3-4-7-14/h5,8-14H,3-4,6-7H2,1-2H3,(H,21,25)(H,22,26). The number of nitrogens with zero attached hydrogens (tertiary/aromatic N) is 2. The summed E-state index contributed by atoms with van der Waals surface area (Å²) in [6.45, 7) is 0. The summed E-state index contributed by atoms with van der Waals surface area (Å²) < 4.78 is 0. The second-order valence-corrected chi connectivity index (χ2v) is 6.76. The van der Waals surface area contributed by atoms with Gasteiger partial charge in [-0.2, -0.15) is 0 Å². The Bertz CT molecular complexity index is 781. The van der Waals surface area contributed by atoms with Gasteiger partial charge in [0.15, 0.2) is 0 Å². The van der Waals surface area contributed by atoms with Crippen LogP contribution in [0, 0.1) is 0 Å². The van der Waals surface area contributed by atoms with Gasteiger partial charge in [-0.15, -0.1) is 0 Å². The molecule has 6 heteroatoms. The van der Waals surface area contributed by atoms with E-state index in [4.69, 9.17) is 0 Å². The van der Waals surface area contributed by atoms with Crippen molar-refractivity contribution in [3.05, 3.63) is 53.9 Å². The van der Waals surface area contributed by atoms with Gasteiger partial charge in [-0.3, -0.25) is 9.59 Å². The van der Waals surface area contributed by atoms with Gasteiger partial charge in [-0.05, 0) is 49.2 Å². The lowest BCUT2D eigenvalue weighted by atomic mass is 10.2. The van der Waals surface area contributed by atoms with Gasteiger partial charge in [0.1, 0.15) is 11.4 Å². The number of benzene rings is 1. The van der Waals surface area contributed by atoms with Gasteiger partial charge >= 0.3 is 0 Å². The second-order valence-electron chi connectivity index (χ2n) is 6.76. The third-order valence-corrected chi connectivity index (χ3v) is 4.55. The fourth-order valence-corrected chi connectivity index (χ4v) is 3.06. The molecule has 0 atom stereocenters. The first-order chi connectivity index (χ1) is 12.5. The van der Waals surface area contributed by atoms with Gasteiger partial charge in [0.25, 0.3) is 11.8 Å². The maximum Gasteiger partial charge on any atom is 0.274 e. The van der Waals surface area contributed by atoms with Crippen LogP contribution in [0.5, 0.6) is 0 Å². The SMILES string of the molecule is CN(C)c1ccc(NC(=O)c2cccc(C(=O)NC3CCCC3)n2)cc1. The summed E-state index contributed by atoms with van der Waals surface area (Å²) in [5.41, 5.74) is 2.23. The van der Waals surface area contributed by atoms with Crippen molar-refractivity contribution in [3.8, 4) is 0 Å². The van der Waals surface area contributed by atoms with Crippen molar-refractivity contribution in [1.29, 1.82) is 0 Å². The molecular weight excluding hydrogens is 328 g/mol. The van der Waals surface area contributed by atoms with Crippen molar-refractivity contribution in [2.75, 3.05) is 24.3 Å². The highest BCUT2D eigenvalue weighted by Gasteiger charge is 2.19. The molecule has 2 N–H and O–H groups in total. The van der Waals surface area contributed by atoms with E-state index in [1.54, 1.807) is 18.2 Å². The molecule has 0 bridgehead atoms. The van der Waals surface area contributed by atoms with Gasteiger partial charge in [-0.1, -0.05) is 18.9 Å². The maximum atomic E-state index is 12.4. The zero-order chi connectivity index (χ0) is 18.5. The first-order valence-corrected chi connectivity index (χ1v) is 8.89. The number of hydrogen-bond donors (Lipinski definition) is 2. The Morgan fingerprint density at radius 1 is 0.962 bits per heavy atom. The number of aromatic nitrogens is 1. The monoisotopic (exact) mass is 352 g/mol. The van der Waals surface area contributed by atoms with Crippen molar-refractivity contribution in [2.24, 2.45) is 0 Å². The van der Waals surface area contributed by atoms with E-state index >= 15 is 0 Å². The molecule has 0 radical (unpaired) electrons. The number of nitrogens with one attached hydrogen (secondary N) is 2. The molecule has 1 aromatic heterocycles. The summed E-state index contributed by atoms with van der Waals surface area (Å²) in [6, 6.07) is 12.7. The molecule has 0 spiro atoms. The van der Waals surface area contributed by atoms with Crippen LogP contribution in [0.4, 0.5) is 11.4 Å². The van der Waals surface area contributed by atoms with E-state index in [0.29, 0.717) is 5.69 Å². The van der Waals surface area contributed by atoms with Gasteiger partial charge < -0.3 is 15.5 Å². The van der Waals surface area contributed by atoms with Crippen molar-refractivity contribution in [1.82, 2.24) is 10.3 Å². The number of hydrogen-bond acceptors (Lipinski definition) is 4. The largest absolute Gasteiger partial charge is 0.378 e. The van der Waals surface area contributed by atoms with Crippen molar-refractivity contribution in [2.45, 2.75) is 31.7 Å². The number of amides is 2. The molecule has 2 amide bonds. The van der Waals surface area contributed by atoms with Crippen molar-refractivity contribution >= 4 is 23.2 Å². The lowest BCUT2D eigenvalue weighted by Gasteiger charge is -2.13. The minimum atomic E-state index is -0.335. The summed E-state index contributed by atoms with van der Waals surface area (Å²) in [6.07, 6.45) is 4.31. The predicted octanol–water partition coefficient (Wildman–Crippen LogP) is 3.07. The number of anilines is 2. The van der Waals surface area contributed by atoms with E-state index in [2.05, 4.69) is 15.6 Å². The Morgan fingerprint density at radius 2 is 1.58 bits per heavy atom. The number of carbonyl (C=O) groups excluding carboxylic acids is 2. The summed E-state index contributed by atoms with van der Waals surface area (Å²) in [7, 11) is 3.92. The first-order valence-electron chi connectivity index (χ1n) is 8.89. The van der Waals surface area contributed by atoms with E-state index in [1.807, 2.05) is 43.3 Å². The quantitative estimate of drug-likeness (QED) is 0.867. The number of carbonyl (C=O) groups is 2. The summed E-state index contributed by atoms with van der Waals surface area (Å²) in [4.78, 5) is 31.0. The van der Waals surface area contributed by atoms with Crippen LogP contribution in [-0.2, 0) is 0 Å². The minimum Gasteiger partial charge on any atom is -0.378 e. The molecule has 136 valence electrons. The van der Waals surface area contributed by atoms with E-state index in [-0.39, 0.29) is 29.2 Å². The Kier molecular flexibility index (Phi) is 5.51. The molecule has 0 aliphatic heterocycles. The lowest BCUT2D eigenvalue weighted by molar-refractivity contribution is 0.0932. The molecule has 26 heavy (non-hydrogen) atoms. The predicted molar refractivity (Wildman–Crippen MR) is 103 cm³/mol. The molecule has 3 rings (SSSR count).